The van der Waals surface area contributed by atoms with Gasteiger partial charge in [-0.2, -0.15) is 0 Å². The fraction of sp³-hybridized carbons (Fsp3) is 0.600. The first-order chi connectivity index (χ1) is 13.9. The zero-order valence-corrected chi connectivity index (χ0v) is 16.8. The Hall–Kier alpha value is -2.36. The van der Waals surface area contributed by atoms with E-state index in [2.05, 4.69) is 25.3 Å². The van der Waals surface area contributed by atoms with E-state index in [0.29, 0.717) is 6.42 Å². The maximum Gasteiger partial charge on any atom is 0.271 e. The second kappa shape index (κ2) is 7.81. The third-order valence-electron chi connectivity index (χ3n) is 5.92. The van der Waals surface area contributed by atoms with E-state index in [1.807, 2.05) is 13.0 Å². The quantitative estimate of drug-likeness (QED) is 0.782. The molecule has 2 aliphatic rings. The van der Waals surface area contributed by atoms with Gasteiger partial charge in [0.05, 0.1) is 35.7 Å². The molecule has 2 atom stereocenters. The summed E-state index contributed by atoms with van der Waals surface area (Å²) in [6.07, 6.45) is 6.50. The van der Waals surface area contributed by atoms with Crippen molar-refractivity contribution in [2.75, 3.05) is 19.7 Å². The standard InChI is InChI=1S/C20H27N5O4/c1-14-9-15(24-29-14)11-25-7-3-20(4-8-25)13-19(2,27)17(12-28-20)23-18(26)16-10-21-5-6-22-16/h5-6,9-10,17,27H,3-4,7-8,11-13H2,1-2H3,(H,23,26)/t17-,19-/m0/s1. The highest BCUT2D eigenvalue weighted by atomic mass is 16.5. The molecule has 0 aliphatic carbocycles. The number of carbonyl (C=O) groups excluding carboxylic acids is 1. The lowest BCUT2D eigenvalue weighted by molar-refractivity contribution is -0.186. The van der Waals surface area contributed by atoms with Gasteiger partial charge in [0, 0.05) is 44.5 Å². The predicted octanol–water partition coefficient (Wildman–Crippen LogP) is 1.08. The normalized spacial score (nSPS) is 27.1. The number of amides is 1. The maximum atomic E-state index is 12.4. The van der Waals surface area contributed by atoms with Crippen molar-refractivity contribution < 1.29 is 19.2 Å². The first kappa shape index (κ1) is 19.9. The van der Waals surface area contributed by atoms with Gasteiger partial charge in [0.2, 0.25) is 0 Å². The van der Waals surface area contributed by atoms with Gasteiger partial charge in [0.15, 0.2) is 0 Å². The molecule has 29 heavy (non-hydrogen) atoms. The third-order valence-corrected chi connectivity index (χ3v) is 5.92. The molecule has 1 spiro atoms. The first-order valence-electron chi connectivity index (χ1n) is 9.93. The number of piperidine rings is 1. The highest BCUT2D eigenvalue weighted by molar-refractivity contribution is 5.92. The number of ether oxygens (including phenoxy) is 1. The van der Waals surface area contributed by atoms with Crippen LogP contribution in [0.25, 0.3) is 0 Å². The van der Waals surface area contributed by atoms with Crippen LogP contribution in [0.15, 0.2) is 29.2 Å². The number of nitrogens with zero attached hydrogens (tertiary/aromatic N) is 4. The van der Waals surface area contributed by atoms with Crippen molar-refractivity contribution in [1.29, 1.82) is 0 Å². The number of rotatable bonds is 4. The van der Waals surface area contributed by atoms with Crippen LogP contribution in [-0.4, -0.2) is 68.0 Å². The number of carbonyl (C=O) groups is 1. The summed E-state index contributed by atoms with van der Waals surface area (Å²) in [5.74, 6) is 0.454. The van der Waals surface area contributed by atoms with Gasteiger partial charge in [-0.3, -0.25) is 14.7 Å². The summed E-state index contributed by atoms with van der Waals surface area (Å²) in [5.41, 5.74) is -0.281. The second-order valence-corrected chi connectivity index (χ2v) is 8.35. The van der Waals surface area contributed by atoms with Gasteiger partial charge in [-0.25, -0.2) is 4.98 Å². The molecule has 2 aliphatic heterocycles. The van der Waals surface area contributed by atoms with Crippen LogP contribution in [0.4, 0.5) is 0 Å². The number of aromatic nitrogens is 3. The SMILES string of the molecule is Cc1cc(CN2CCC3(CC2)C[C@](C)(O)[C@@H](NC(=O)c2cnccn2)CO3)no1. The lowest BCUT2D eigenvalue weighted by atomic mass is 9.75. The Balaban J connectivity index is 1.33. The van der Waals surface area contributed by atoms with Crippen LogP contribution in [0.5, 0.6) is 0 Å². The average molecular weight is 401 g/mol. The number of aliphatic hydroxyl groups is 1. The van der Waals surface area contributed by atoms with Crippen molar-refractivity contribution >= 4 is 5.91 Å². The molecular formula is C20H27N5O4. The van der Waals surface area contributed by atoms with Crippen molar-refractivity contribution in [2.45, 2.75) is 56.9 Å². The van der Waals surface area contributed by atoms with E-state index in [1.165, 1.54) is 18.6 Å². The number of aryl methyl sites for hydroxylation is 1. The van der Waals surface area contributed by atoms with E-state index in [-0.39, 0.29) is 23.8 Å². The van der Waals surface area contributed by atoms with E-state index in [9.17, 15) is 9.90 Å². The Morgan fingerprint density at radius 1 is 1.38 bits per heavy atom. The van der Waals surface area contributed by atoms with E-state index in [4.69, 9.17) is 9.26 Å². The van der Waals surface area contributed by atoms with Crippen LogP contribution in [0.2, 0.25) is 0 Å². The molecule has 9 nitrogen and oxygen atoms in total. The summed E-state index contributed by atoms with van der Waals surface area (Å²) >= 11 is 0. The molecule has 0 radical (unpaired) electrons. The van der Waals surface area contributed by atoms with Crippen molar-refractivity contribution in [2.24, 2.45) is 0 Å². The van der Waals surface area contributed by atoms with Gasteiger partial charge >= 0.3 is 0 Å². The Bertz CT molecular complexity index is 846. The molecule has 2 N–H and O–H groups in total. The van der Waals surface area contributed by atoms with Gasteiger partial charge in [-0.15, -0.1) is 0 Å². The molecule has 156 valence electrons. The molecule has 2 aromatic rings. The molecule has 2 aromatic heterocycles. The van der Waals surface area contributed by atoms with Gasteiger partial charge in [0.1, 0.15) is 11.5 Å². The Morgan fingerprint density at radius 3 is 2.79 bits per heavy atom. The minimum atomic E-state index is -1.07. The number of nitrogens with one attached hydrogen (secondary N) is 1. The summed E-state index contributed by atoms with van der Waals surface area (Å²) in [6, 6.07) is 1.45. The predicted molar refractivity (Wildman–Crippen MR) is 103 cm³/mol. The molecule has 4 rings (SSSR count). The van der Waals surface area contributed by atoms with Gasteiger partial charge in [0.25, 0.3) is 5.91 Å². The number of hydrogen-bond acceptors (Lipinski definition) is 8. The highest BCUT2D eigenvalue weighted by Gasteiger charge is 2.49. The van der Waals surface area contributed by atoms with E-state index >= 15 is 0 Å². The lowest BCUT2D eigenvalue weighted by Gasteiger charge is -2.51. The molecular weight excluding hydrogens is 374 g/mol. The van der Waals surface area contributed by atoms with Gasteiger partial charge in [-0.1, -0.05) is 5.16 Å². The zero-order valence-electron chi connectivity index (χ0n) is 16.8. The smallest absolute Gasteiger partial charge is 0.271 e. The summed E-state index contributed by atoms with van der Waals surface area (Å²) < 4.78 is 11.4. The van der Waals surface area contributed by atoms with Crippen molar-refractivity contribution in [3.05, 3.63) is 41.8 Å². The van der Waals surface area contributed by atoms with Crippen LogP contribution in [0.3, 0.4) is 0 Å². The fourth-order valence-electron chi connectivity index (χ4n) is 4.27. The van der Waals surface area contributed by atoms with Gasteiger partial charge < -0.3 is 19.7 Å². The zero-order chi connectivity index (χ0) is 20.5. The molecule has 0 bridgehead atoms. The largest absolute Gasteiger partial charge is 0.388 e. The van der Waals surface area contributed by atoms with E-state index < -0.39 is 11.6 Å². The number of hydrogen-bond donors (Lipinski definition) is 2. The summed E-state index contributed by atoms with van der Waals surface area (Å²) in [4.78, 5) is 22.6. The lowest BCUT2D eigenvalue weighted by Crippen LogP contribution is -2.63. The fourth-order valence-corrected chi connectivity index (χ4v) is 4.27. The number of likely N-dealkylation sites (tertiary alicyclic amines) is 1. The maximum absolute atomic E-state index is 12.4. The van der Waals surface area contributed by atoms with Gasteiger partial charge in [-0.05, 0) is 26.7 Å². The Morgan fingerprint density at radius 2 is 2.17 bits per heavy atom. The molecule has 2 saturated heterocycles. The molecule has 0 aromatic carbocycles. The third kappa shape index (κ3) is 4.47. The first-order valence-corrected chi connectivity index (χ1v) is 9.93. The molecule has 1 amide bonds. The van der Waals surface area contributed by atoms with Crippen molar-refractivity contribution in [1.82, 2.24) is 25.3 Å². The van der Waals surface area contributed by atoms with Crippen LogP contribution in [0, 0.1) is 6.92 Å². The molecule has 4 heterocycles. The average Bonchev–Trinajstić information content (AvgIpc) is 3.11. The summed E-state index contributed by atoms with van der Waals surface area (Å²) in [7, 11) is 0. The molecule has 0 saturated carbocycles. The Kier molecular flexibility index (Phi) is 5.37. The summed E-state index contributed by atoms with van der Waals surface area (Å²) in [6.45, 7) is 6.39. The summed E-state index contributed by atoms with van der Waals surface area (Å²) in [5, 5.41) is 18.0. The Labute approximate surface area is 169 Å². The molecule has 2 fully saturated rings. The minimum Gasteiger partial charge on any atom is -0.388 e. The van der Waals surface area contributed by atoms with E-state index in [0.717, 1.165) is 43.9 Å². The molecule has 0 unspecified atom stereocenters. The van der Waals surface area contributed by atoms with Crippen LogP contribution >= 0.6 is 0 Å². The monoisotopic (exact) mass is 401 g/mol. The van der Waals surface area contributed by atoms with Crippen LogP contribution in [-0.2, 0) is 11.3 Å². The topological polar surface area (TPSA) is 114 Å². The van der Waals surface area contributed by atoms with Crippen molar-refractivity contribution in [3.63, 3.8) is 0 Å². The minimum absolute atomic E-state index is 0.222. The molecule has 9 heteroatoms. The second-order valence-electron chi connectivity index (χ2n) is 8.35. The highest BCUT2D eigenvalue weighted by Crippen LogP contribution is 2.39. The van der Waals surface area contributed by atoms with Crippen LogP contribution in [0.1, 0.15) is 48.1 Å². The van der Waals surface area contributed by atoms with Crippen molar-refractivity contribution in [3.8, 4) is 0 Å². The van der Waals surface area contributed by atoms with E-state index in [1.54, 1.807) is 6.92 Å². The van der Waals surface area contributed by atoms with Crippen LogP contribution < -0.4 is 5.32 Å².